The third-order valence-electron chi connectivity index (χ3n) is 4.04. The first-order valence-corrected chi connectivity index (χ1v) is 7.33. The first kappa shape index (κ1) is 16.2. The van der Waals surface area contributed by atoms with Gasteiger partial charge in [-0.2, -0.15) is 0 Å². The molecule has 118 valence electrons. The molecule has 1 N–H and O–H groups in total. The van der Waals surface area contributed by atoms with Crippen LogP contribution < -0.4 is 0 Å². The number of hydrogen-bond donors (Lipinski definition) is 1. The summed E-state index contributed by atoms with van der Waals surface area (Å²) >= 11 is 0. The van der Waals surface area contributed by atoms with E-state index in [-0.39, 0.29) is 23.6 Å². The zero-order valence-corrected chi connectivity index (χ0v) is 12.5. The van der Waals surface area contributed by atoms with Gasteiger partial charge in [0.1, 0.15) is 0 Å². The summed E-state index contributed by atoms with van der Waals surface area (Å²) in [6.45, 7) is 0.501. The predicted octanol–water partition coefficient (Wildman–Crippen LogP) is 2.23. The molecule has 1 amide bonds. The summed E-state index contributed by atoms with van der Waals surface area (Å²) in [5, 5.41) is 20.7. The number of amides is 1. The Kier molecular flexibility index (Phi) is 5.27. The fraction of sp³-hybridized carbons (Fsp3) is 0.438. The molecule has 1 aromatic rings. The number of aliphatic hydroxyl groups is 1. The third kappa shape index (κ3) is 3.92. The lowest BCUT2D eigenvalue weighted by Crippen LogP contribution is -2.33. The maximum Gasteiger partial charge on any atom is 0.276 e. The number of hydrogen-bond acceptors (Lipinski definition) is 4. The van der Waals surface area contributed by atoms with E-state index in [2.05, 4.69) is 0 Å². The number of nitro benzene ring substituents is 1. The summed E-state index contributed by atoms with van der Waals surface area (Å²) in [5.41, 5.74) is 0.371. The van der Waals surface area contributed by atoms with Crippen LogP contribution in [0.25, 0.3) is 6.08 Å². The monoisotopic (exact) mass is 304 g/mol. The van der Waals surface area contributed by atoms with Crippen LogP contribution in [0.5, 0.6) is 0 Å². The highest BCUT2D eigenvalue weighted by atomic mass is 16.6. The highest BCUT2D eigenvalue weighted by Crippen LogP contribution is 2.26. The van der Waals surface area contributed by atoms with Gasteiger partial charge in [-0.1, -0.05) is 18.6 Å². The largest absolute Gasteiger partial charge is 0.393 e. The Morgan fingerprint density at radius 3 is 2.82 bits per heavy atom. The lowest BCUT2D eigenvalue weighted by molar-refractivity contribution is -0.385. The molecule has 0 radical (unpaired) electrons. The number of rotatable bonds is 5. The number of para-hydroxylation sites is 1. The summed E-state index contributed by atoms with van der Waals surface area (Å²) in [5.74, 6) is -0.106. The Bertz CT molecular complexity index is 585. The zero-order chi connectivity index (χ0) is 16.1. The second-order valence-electron chi connectivity index (χ2n) is 5.63. The van der Waals surface area contributed by atoms with E-state index in [1.807, 2.05) is 0 Å². The van der Waals surface area contributed by atoms with Gasteiger partial charge in [-0.15, -0.1) is 0 Å². The van der Waals surface area contributed by atoms with E-state index >= 15 is 0 Å². The third-order valence-corrected chi connectivity index (χ3v) is 4.04. The number of nitrogens with zero attached hydrogens (tertiary/aromatic N) is 2. The van der Waals surface area contributed by atoms with Crippen LogP contribution in [0.3, 0.4) is 0 Å². The fourth-order valence-corrected chi connectivity index (χ4v) is 2.76. The molecular formula is C16H20N2O4. The van der Waals surface area contributed by atoms with Gasteiger partial charge < -0.3 is 10.0 Å². The molecule has 2 unspecified atom stereocenters. The Balaban J connectivity index is 2.00. The number of carbonyl (C=O) groups is 1. The van der Waals surface area contributed by atoms with Crippen molar-refractivity contribution in [2.24, 2.45) is 5.92 Å². The minimum Gasteiger partial charge on any atom is -0.393 e. The highest BCUT2D eigenvalue weighted by Gasteiger charge is 2.27. The van der Waals surface area contributed by atoms with Gasteiger partial charge in [-0.3, -0.25) is 14.9 Å². The summed E-state index contributed by atoms with van der Waals surface area (Å²) in [6.07, 6.45) is 5.16. The van der Waals surface area contributed by atoms with Crippen LogP contribution >= 0.6 is 0 Å². The summed E-state index contributed by atoms with van der Waals surface area (Å²) < 4.78 is 0. The predicted molar refractivity (Wildman–Crippen MR) is 83.1 cm³/mol. The molecule has 0 bridgehead atoms. The molecule has 0 saturated heterocycles. The van der Waals surface area contributed by atoms with Crippen LogP contribution in [0.2, 0.25) is 0 Å². The molecule has 22 heavy (non-hydrogen) atoms. The maximum atomic E-state index is 12.1. The van der Waals surface area contributed by atoms with Gasteiger partial charge >= 0.3 is 0 Å². The molecule has 2 atom stereocenters. The van der Waals surface area contributed by atoms with Crippen LogP contribution in [0, 0.1) is 16.0 Å². The first-order valence-electron chi connectivity index (χ1n) is 7.33. The van der Waals surface area contributed by atoms with Crippen LogP contribution in [0.4, 0.5) is 5.69 Å². The second-order valence-corrected chi connectivity index (χ2v) is 5.63. The van der Waals surface area contributed by atoms with Crippen molar-refractivity contribution in [3.63, 3.8) is 0 Å². The minimum atomic E-state index is -0.469. The number of nitro groups is 1. The molecule has 1 aromatic carbocycles. The molecule has 0 aromatic heterocycles. The van der Waals surface area contributed by atoms with Crippen molar-refractivity contribution in [2.75, 3.05) is 13.6 Å². The van der Waals surface area contributed by atoms with Crippen molar-refractivity contribution in [3.8, 4) is 0 Å². The molecule has 1 aliphatic rings. The van der Waals surface area contributed by atoms with E-state index in [0.717, 1.165) is 19.3 Å². The molecular weight excluding hydrogens is 284 g/mol. The van der Waals surface area contributed by atoms with Gasteiger partial charge in [0.2, 0.25) is 5.91 Å². The molecule has 0 spiro atoms. The summed E-state index contributed by atoms with van der Waals surface area (Å²) in [4.78, 5) is 24.1. The van der Waals surface area contributed by atoms with E-state index in [9.17, 15) is 20.0 Å². The van der Waals surface area contributed by atoms with Crippen LogP contribution in [-0.4, -0.2) is 40.5 Å². The van der Waals surface area contributed by atoms with Crippen molar-refractivity contribution in [2.45, 2.75) is 25.4 Å². The fourth-order valence-electron chi connectivity index (χ4n) is 2.76. The van der Waals surface area contributed by atoms with Gasteiger partial charge in [-0.25, -0.2) is 0 Å². The van der Waals surface area contributed by atoms with Gasteiger partial charge in [-0.05, 0) is 25.0 Å². The number of aliphatic hydroxyl groups excluding tert-OH is 1. The number of benzene rings is 1. The SMILES string of the molecule is CN(CC1CCCC1O)C(=O)/C=C/c1ccccc1[N+](=O)[O-]. The quantitative estimate of drug-likeness (QED) is 0.513. The smallest absolute Gasteiger partial charge is 0.276 e. The molecule has 1 fully saturated rings. The summed E-state index contributed by atoms with van der Waals surface area (Å²) in [6, 6.07) is 6.28. The van der Waals surface area contributed by atoms with Crippen molar-refractivity contribution in [3.05, 3.63) is 46.0 Å². The lowest BCUT2D eigenvalue weighted by Gasteiger charge is -2.22. The highest BCUT2D eigenvalue weighted by molar-refractivity contribution is 5.92. The molecule has 0 aliphatic heterocycles. The van der Waals surface area contributed by atoms with Gasteiger partial charge in [0.25, 0.3) is 5.69 Å². The van der Waals surface area contributed by atoms with Crippen LogP contribution in [0.15, 0.2) is 30.3 Å². The number of carbonyl (C=O) groups excluding carboxylic acids is 1. The molecule has 2 rings (SSSR count). The topological polar surface area (TPSA) is 83.7 Å². The van der Waals surface area contributed by atoms with Crippen LogP contribution in [0.1, 0.15) is 24.8 Å². The van der Waals surface area contributed by atoms with Crippen molar-refractivity contribution in [1.29, 1.82) is 0 Å². The molecule has 6 nitrogen and oxygen atoms in total. The molecule has 6 heteroatoms. The van der Waals surface area contributed by atoms with Crippen molar-refractivity contribution in [1.82, 2.24) is 4.90 Å². The van der Waals surface area contributed by atoms with E-state index in [4.69, 9.17) is 0 Å². The van der Waals surface area contributed by atoms with E-state index in [1.54, 1.807) is 30.1 Å². The standard InChI is InChI=1S/C16H20N2O4/c1-17(11-13-6-4-8-15(13)19)16(20)10-9-12-5-2-3-7-14(12)18(21)22/h2-3,5,7,9-10,13,15,19H,4,6,8,11H2,1H3/b10-9+. The van der Waals surface area contributed by atoms with E-state index in [0.29, 0.717) is 12.1 Å². The lowest BCUT2D eigenvalue weighted by atomic mass is 10.1. The minimum absolute atomic E-state index is 0.0274. The Morgan fingerprint density at radius 2 is 2.18 bits per heavy atom. The normalized spacial score (nSPS) is 21.2. The van der Waals surface area contributed by atoms with Crippen molar-refractivity contribution >= 4 is 17.7 Å². The Hall–Kier alpha value is -2.21. The molecule has 0 heterocycles. The van der Waals surface area contributed by atoms with Crippen LogP contribution in [-0.2, 0) is 4.79 Å². The Morgan fingerprint density at radius 1 is 1.45 bits per heavy atom. The van der Waals surface area contributed by atoms with E-state index in [1.165, 1.54) is 18.2 Å². The van der Waals surface area contributed by atoms with Gasteiger partial charge in [0.15, 0.2) is 0 Å². The van der Waals surface area contributed by atoms with E-state index < -0.39 is 4.92 Å². The molecule has 1 aliphatic carbocycles. The molecule has 1 saturated carbocycles. The average molecular weight is 304 g/mol. The second kappa shape index (κ2) is 7.17. The van der Waals surface area contributed by atoms with Gasteiger partial charge in [0, 0.05) is 31.7 Å². The first-order chi connectivity index (χ1) is 10.5. The average Bonchev–Trinajstić information content (AvgIpc) is 2.90. The maximum absolute atomic E-state index is 12.1. The van der Waals surface area contributed by atoms with Crippen molar-refractivity contribution < 1.29 is 14.8 Å². The zero-order valence-electron chi connectivity index (χ0n) is 12.5. The summed E-state index contributed by atoms with van der Waals surface area (Å²) in [7, 11) is 1.68. The van der Waals surface area contributed by atoms with Gasteiger partial charge in [0.05, 0.1) is 16.6 Å². The Labute approximate surface area is 129 Å². The number of likely N-dealkylation sites (N-methyl/N-ethyl adjacent to an activating group) is 1.